The van der Waals surface area contributed by atoms with E-state index in [-0.39, 0.29) is 17.2 Å². The number of hydrogen-bond donors (Lipinski definition) is 1. The first-order valence-corrected chi connectivity index (χ1v) is 10.4. The Morgan fingerprint density at radius 1 is 1.19 bits per heavy atom. The van der Waals surface area contributed by atoms with Crippen LogP contribution in [0.15, 0.2) is 39.7 Å². The van der Waals surface area contributed by atoms with Gasteiger partial charge in [-0.25, -0.2) is 8.42 Å². The van der Waals surface area contributed by atoms with Crippen LogP contribution >= 0.6 is 0 Å². The molecule has 2 aromatic rings. The fraction of sp³-hybridized carbons (Fsp3) is 0.412. The summed E-state index contributed by atoms with van der Waals surface area (Å²) < 4.78 is 27.7. The molecule has 26 heavy (non-hydrogen) atoms. The first-order chi connectivity index (χ1) is 12.3. The number of nitrogens with zero attached hydrogens (tertiary/aromatic N) is 2. The average molecular weight is 379 g/mol. The largest absolute Gasteiger partial charge is 0.463 e. The van der Waals surface area contributed by atoms with Gasteiger partial charge in [-0.3, -0.25) is 14.5 Å². The second-order valence-corrected chi connectivity index (χ2v) is 8.62. The Hall–Kier alpha value is -2.39. The molecule has 1 fully saturated rings. The smallest absolute Gasteiger partial charge is 0.261 e. The zero-order valence-electron chi connectivity index (χ0n) is 14.5. The fourth-order valence-electron chi connectivity index (χ4n) is 2.86. The molecule has 1 aliphatic heterocycles. The highest BCUT2D eigenvalue weighted by Crippen LogP contribution is 2.16. The number of furan rings is 1. The molecule has 0 spiro atoms. The van der Waals surface area contributed by atoms with E-state index in [9.17, 15) is 18.0 Å². The van der Waals surface area contributed by atoms with Crippen molar-refractivity contribution in [1.82, 2.24) is 14.8 Å². The summed E-state index contributed by atoms with van der Waals surface area (Å²) in [6.45, 7) is 2.55. The van der Waals surface area contributed by atoms with Crippen molar-refractivity contribution in [3.63, 3.8) is 0 Å². The van der Waals surface area contributed by atoms with Gasteiger partial charge in [-0.2, -0.15) is 0 Å². The second-order valence-electron chi connectivity index (χ2n) is 6.36. The number of pyridine rings is 1. The molecule has 2 aromatic heterocycles. The monoisotopic (exact) mass is 379 g/mol. The fourth-order valence-corrected chi connectivity index (χ4v) is 3.45. The zero-order chi connectivity index (χ0) is 18.7. The summed E-state index contributed by atoms with van der Waals surface area (Å²) >= 11 is 0. The van der Waals surface area contributed by atoms with E-state index < -0.39 is 15.4 Å². The third-order valence-electron chi connectivity index (χ3n) is 4.36. The van der Waals surface area contributed by atoms with Gasteiger partial charge in [0.15, 0.2) is 0 Å². The normalized spacial score (nSPS) is 16.0. The average Bonchev–Trinajstić information content (AvgIpc) is 3.14. The summed E-state index contributed by atoms with van der Waals surface area (Å²) in [6.07, 6.45) is 2.72. The summed E-state index contributed by atoms with van der Waals surface area (Å²) in [5.41, 5.74) is 0.149. The number of aromatic nitrogens is 1. The second kappa shape index (κ2) is 7.46. The molecule has 3 rings (SSSR count). The first kappa shape index (κ1) is 18.4. The topological polar surface area (TPSA) is 104 Å². The van der Waals surface area contributed by atoms with Crippen LogP contribution in [0.4, 0.5) is 0 Å². The molecule has 0 bridgehead atoms. The van der Waals surface area contributed by atoms with Crippen molar-refractivity contribution < 1.29 is 17.6 Å². The van der Waals surface area contributed by atoms with Gasteiger partial charge in [0.2, 0.25) is 0 Å². The van der Waals surface area contributed by atoms with Crippen molar-refractivity contribution in [2.75, 3.05) is 44.7 Å². The molecule has 0 unspecified atom stereocenters. The summed E-state index contributed by atoms with van der Waals surface area (Å²) in [5, 5.41) is 0. The van der Waals surface area contributed by atoms with Gasteiger partial charge in [0.25, 0.3) is 11.5 Å². The van der Waals surface area contributed by atoms with Crippen molar-refractivity contribution in [2.24, 2.45) is 0 Å². The minimum absolute atomic E-state index is 0.0879. The van der Waals surface area contributed by atoms with Crippen molar-refractivity contribution in [3.05, 3.63) is 46.4 Å². The lowest BCUT2D eigenvalue weighted by Gasteiger charge is -2.34. The lowest BCUT2D eigenvalue weighted by Crippen LogP contribution is -2.50. The van der Waals surface area contributed by atoms with Crippen LogP contribution in [0.1, 0.15) is 10.4 Å². The van der Waals surface area contributed by atoms with Crippen LogP contribution in [0.3, 0.4) is 0 Å². The van der Waals surface area contributed by atoms with Crippen molar-refractivity contribution in [3.8, 4) is 11.5 Å². The number of piperazine rings is 1. The van der Waals surface area contributed by atoms with Crippen LogP contribution in [0, 0.1) is 0 Å². The number of H-pyrrole nitrogens is 1. The van der Waals surface area contributed by atoms with E-state index in [0.717, 1.165) is 0 Å². The predicted octanol–water partition coefficient (Wildman–Crippen LogP) is 0.437. The highest BCUT2D eigenvalue weighted by molar-refractivity contribution is 7.90. The van der Waals surface area contributed by atoms with E-state index in [1.807, 2.05) is 4.90 Å². The first-order valence-electron chi connectivity index (χ1n) is 8.30. The Labute approximate surface area is 151 Å². The maximum atomic E-state index is 12.6. The van der Waals surface area contributed by atoms with Gasteiger partial charge in [-0.15, -0.1) is 0 Å². The molecule has 0 radical (unpaired) electrons. The SMILES string of the molecule is CS(=O)(=O)CCN1CCN(C(=O)c2ccc(-c3ccco3)[nH]c2=O)CC1. The zero-order valence-corrected chi connectivity index (χ0v) is 15.3. The van der Waals surface area contributed by atoms with E-state index >= 15 is 0 Å². The molecule has 140 valence electrons. The Morgan fingerprint density at radius 2 is 1.92 bits per heavy atom. The standard InChI is InChI=1S/C17H21N3O5S/c1-26(23,24)12-10-19-6-8-20(9-7-19)17(22)13-4-5-14(18-16(13)21)15-3-2-11-25-15/h2-5,11H,6-10,12H2,1H3,(H,18,21). The van der Waals surface area contributed by atoms with Crippen LogP contribution in [-0.2, 0) is 9.84 Å². The Kier molecular flexibility index (Phi) is 5.28. The van der Waals surface area contributed by atoms with Crippen molar-refractivity contribution in [1.29, 1.82) is 0 Å². The Morgan fingerprint density at radius 3 is 2.50 bits per heavy atom. The number of nitrogens with one attached hydrogen (secondary N) is 1. The Bertz CT molecular complexity index is 926. The molecule has 9 heteroatoms. The van der Waals surface area contributed by atoms with E-state index in [1.165, 1.54) is 18.6 Å². The van der Waals surface area contributed by atoms with Gasteiger partial charge < -0.3 is 14.3 Å². The molecule has 0 atom stereocenters. The molecule has 1 aliphatic rings. The quantitative estimate of drug-likeness (QED) is 0.808. The number of carbonyl (C=O) groups is 1. The number of rotatable bonds is 5. The maximum Gasteiger partial charge on any atom is 0.261 e. The molecule has 1 N–H and O–H groups in total. The molecule has 1 saturated heterocycles. The highest BCUT2D eigenvalue weighted by atomic mass is 32.2. The molecule has 3 heterocycles. The van der Waals surface area contributed by atoms with E-state index in [2.05, 4.69) is 4.98 Å². The molecule has 0 aliphatic carbocycles. The molecule has 1 amide bonds. The molecule has 0 aromatic carbocycles. The van der Waals surface area contributed by atoms with Crippen LogP contribution in [0.25, 0.3) is 11.5 Å². The van der Waals surface area contributed by atoms with Gasteiger partial charge in [0, 0.05) is 39.0 Å². The summed E-state index contributed by atoms with van der Waals surface area (Å²) in [6, 6.07) is 6.60. The van der Waals surface area contributed by atoms with Gasteiger partial charge in [0.05, 0.1) is 17.7 Å². The number of aromatic amines is 1. The van der Waals surface area contributed by atoms with Crippen LogP contribution in [0.5, 0.6) is 0 Å². The van der Waals surface area contributed by atoms with Crippen LogP contribution < -0.4 is 5.56 Å². The van der Waals surface area contributed by atoms with Crippen molar-refractivity contribution in [2.45, 2.75) is 0 Å². The summed E-state index contributed by atoms with van der Waals surface area (Å²) in [4.78, 5) is 31.2. The molecule has 8 nitrogen and oxygen atoms in total. The number of amides is 1. The Balaban J connectivity index is 1.63. The third kappa shape index (κ3) is 4.41. The highest BCUT2D eigenvalue weighted by Gasteiger charge is 2.24. The minimum atomic E-state index is -3.00. The minimum Gasteiger partial charge on any atom is -0.463 e. The summed E-state index contributed by atoms with van der Waals surface area (Å²) in [7, 11) is -3.00. The van der Waals surface area contributed by atoms with E-state index in [4.69, 9.17) is 4.42 Å². The summed E-state index contributed by atoms with van der Waals surface area (Å²) in [5.74, 6) is 0.315. The van der Waals surface area contributed by atoms with Crippen LogP contribution in [0.2, 0.25) is 0 Å². The van der Waals surface area contributed by atoms with Crippen LogP contribution in [-0.4, -0.2) is 73.8 Å². The van der Waals surface area contributed by atoms with E-state index in [1.54, 1.807) is 23.1 Å². The number of sulfone groups is 1. The number of carbonyl (C=O) groups excluding carboxylic acids is 1. The van der Waals surface area contributed by atoms with E-state index in [0.29, 0.717) is 44.2 Å². The van der Waals surface area contributed by atoms with Gasteiger partial charge in [0.1, 0.15) is 21.2 Å². The predicted molar refractivity (Wildman–Crippen MR) is 96.8 cm³/mol. The molecular formula is C17H21N3O5S. The van der Waals surface area contributed by atoms with Gasteiger partial charge in [-0.1, -0.05) is 0 Å². The lowest BCUT2D eigenvalue weighted by molar-refractivity contribution is 0.0642. The van der Waals surface area contributed by atoms with Gasteiger partial charge in [-0.05, 0) is 24.3 Å². The third-order valence-corrected chi connectivity index (χ3v) is 5.29. The molecule has 0 saturated carbocycles. The van der Waals surface area contributed by atoms with Crippen molar-refractivity contribution >= 4 is 15.7 Å². The molecular weight excluding hydrogens is 358 g/mol. The lowest BCUT2D eigenvalue weighted by atomic mass is 10.2. The number of hydrogen-bond acceptors (Lipinski definition) is 6. The maximum absolute atomic E-state index is 12.6. The van der Waals surface area contributed by atoms with Gasteiger partial charge >= 0.3 is 0 Å².